The Morgan fingerprint density at radius 3 is 2.94 bits per heavy atom. The van der Waals surface area contributed by atoms with Crippen LogP contribution in [0.3, 0.4) is 0 Å². The largest absolute Gasteiger partial charge is 0.409 e. The van der Waals surface area contributed by atoms with Crippen LogP contribution in [0.5, 0.6) is 0 Å². The molecule has 5 N–H and O–H groups in total. The standard InChI is InChI=1S/C11H17N3O2/c1-8(15)6-13-7-9-3-2-4-10(5-9)11(12)14-16/h2-5,8,13,15-16H,6-7H2,1H3,(H2,12,14). The number of aliphatic hydroxyl groups is 1. The molecule has 5 heteroatoms. The summed E-state index contributed by atoms with van der Waals surface area (Å²) >= 11 is 0. The zero-order valence-corrected chi connectivity index (χ0v) is 9.22. The second kappa shape index (κ2) is 6.09. The summed E-state index contributed by atoms with van der Waals surface area (Å²) < 4.78 is 0. The van der Waals surface area contributed by atoms with E-state index in [1.54, 1.807) is 13.0 Å². The number of amidine groups is 1. The maximum atomic E-state index is 9.08. The number of oxime groups is 1. The summed E-state index contributed by atoms with van der Waals surface area (Å²) in [5, 5.41) is 23.7. The van der Waals surface area contributed by atoms with Crippen molar-refractivity contribution < 1.29 is 10.3 Å². The zero-order chi connectivity index (χ0) is 12.0. The van der Waals surface area contributed by atoms with E-state index in [2.05, 4.69) is 10.5 Å². The van der Waals surface area contributed by atoms with E-state index in [1.165, 1.54) is 0 Å². The third-order valence-electron chi connectivity index (χ3n) is 2.10. The van der Waals surface area contributed by atoms with Gasteiger partial charge >= 0.3 is 0 Å². The second-order valence-corrected chi connectivity index (χ2v) is 3.67. The van der Waals surface area contributed by atoms with Crippen LogP contribution in [-0.2, 0) is 6.54 Å². The van der Waals surface area contributed by atoms with Gasteiger partial charge in [-0.25, -0.2) is 0 Å². The maximum absolute atomic E-state index is 9.08. The molecule has 0 saturated heterocycles. The molecule has 1 aromatic carbocycles. The van der Waals surface area contributed by atoms with Gasteiger partial charge in [-0.2, -0.15) is 0 Å². The molecule has 0 bridgehead atoms. The lowest BCUT2D eigenvalue weighted by atomic mass is 10.1. The average Bonchev–Trinajstić information content (AvgIpc) is 2.28. The third-order valence-corrected chi connectivity index (χ3v) is 2.10. The van der Waals surface area contributed by atoms with Crippen molar-refractivity contribution in [3.8, 4) is 0 Å². The van der Waals surface area contributed by atoms with Gasteiger partial charge in [-0.05, 0) is 18.6 Å². The van der Waals surface area contributed by atoms with Gasteiger partial charge in [-0.3, -0.25) is 0 Å². The van der Waals surface area contributed by atoms with Crippen molar-refractivity contribution in [2.24, 2.45) is 10.9 Å². The highest BCUT2D eigenvalue weighted by atomic mass is 16.4. The molecular weight excluding hydrogens is 206 g/mol. The summed E-state index contributed by atoms with van der Waals surface area (Å²) in [5.74, 6) is 0.0948. The number of benzene rings is 1. The molecule has 0 saturated carbocycles. The van der Waals surface area contributed by atoms with Gasteiger partial charge in [0.2, 0.25) is 0 Å². The summed E-state index contributed by atoms with van der Waals surface area (Å²) in [6, 6.07) is 7.38. The fourth-order valence-corrected chi connectivity index (χ4v) is 1.32. The van der Waals surface area contributed by atoms with Crippen molar-refractivity contribution in [2.75, 3.05) is 6.54 Å². The van der Waals surface area contributed by atoms with Crippen molar-refractivity contribution in [1.82, 2.24) is 5.32 Å². The first-order valence-corrected chi connectivity index (χ1v) is 5.09. The SMILES string of the molecule is CC(O)CNCc1cccc(C(N)=NO)c1. The summed E-state index contributed by atoms with van der Waals surface area (Å²) in [6.07, 6.45) is -0.368. The molecule has 16 heavy (non-hydrogen) atoms. The first-order valence-electron chi connectivity index (χ1n) is 5.09. The third kappa shape index (κ3) is 3.88. The number of aliphatic hydroxyl groups excluding tert-OH is 1. The molecule has 0 radical (unpaired) electrons. The van der Waals surface area contributed by atoms with Gasteiger partial charge in [-0.1, -0.05) is 23.4 Å². The fourth-order valence-electron chi connectivity index (χ4n) is 1.32. The predicted octanol–water partition coefficient (Wildman–Crippen LogP) is 0.252. The zero-order valence-electron chi connectivity index (χ0n) is 9.22. The summed E-state index contributed by atoms with van der Waals surface area (Å²) in [4.78, 5) is 0. The average molecular weight is 223 g/mol. The van der Waals surface area contributed by atoms with Crippen molar-refractivity contribution in [1.29, 1.82) is 0 Å². The number of hydrogen-bond acceptors (Lipinski definition) is 4. The van der Waals surface area contributed by atoms with Crippen LogP contribution in [0, 0.1) is 0 Å². The molecule has 0 aliphatic carbocycles. The normalized spacial score (nSPS) is 13.8. The lowest BCUT2D eigenvalue weighted by Gasteiger charge is -2.07. The Balaban J connectivity index is 2.61. The van der Waals surface area contributed by atoms with E-state index in [9.17, 15) is 0 Å². The van der Waals surface area contributed by atoms with Crippen molar-refractivity contribution in [3.63, 3.8) is 0 Å². The van der Waals surface area contributed by atoms with E-state index in [4.69, 9.17) is 16.0 Å². The summed E-state index contributed by atoms with van der Waals surface area (Å²) in [6.45, 7) is 2.89. The lowest BCUT2D eigenvalue weighted by molar-refractivity contribution is 0.191. The molecule has 0 aromatic heterocycles. The molecule has 0 aliphatic heterocycles. The Hall–Kier alpha value is -1.59. The molecular formula is C11H17N3O2. The molecule has 0 spiro atoms. The van der Waals surface area contributed by atoms with Crippen LogP contribution in [0.25, 0.3) is 0 Å². The van der Waals surface area contributed by atoms with Gasteiger partial charge < -0.3 is 21.4 Å². The van der Waals surface area contributed by atoms with Crippen LogP contribution in [0.2, 0.25) is 0 Å². The Labute approximate surface area is 94.6 Å². The Kier molecular flexibility index (Phi) is 4.75. The van der Waals surface area contributed by atoms with Crippen LogP contribution in [0.15, 0.2) is 29.4 Å². The van der Waals surface area contributed by atoms with E-state index >= 15 is 0 Å². The molecule has 0 heterocycles. The lowest BCUT2D eigenvalue weighted by Crippen LogP contribution is -2.24. The highest BCUT2D eigenvalue weighted by molar-refractivity contribution is 5.97. The first kappa shape index (κ1) is 12.5. The summed E-state index contributed by atoms with van der Waals surface area (Å²) in [7, 11) is 0. The van der Waals surface area contributed by atoms with E-state index < -0.39 is 0 Å². The van der Waals surface area contributed by atoms with Crippen LogP contribution in [0.4, 0.5) is 0 Å². The minimum atomic E-state index is -0.368. The Bertz CT molecular complexity index is 364. The van der Waals surface area contributed by atoms with Gasteiger partial charge in [0.05, 0.1) is 6.10 Å². The molecule has 0 amide bonds. The van der Waals surface area contributed by atoms with Gasteiger partial charge in [0.25, 0.3) is 0 Å². The van der Waals surface area contributed by atoms with Crippen molar-refractivity contribution in [3.05, 3.63) is 35.4 Å². The molecule has 88 valence electrons. The number of hydrogen-bond donors (Lipinski definition) is 4. The van der Waals surface area contributed by atoms with Crippen LogP contribution < -0.4 is 11.1 Å². The quantitative estimate of drug-likeness (QED) is 0.249. The van der Waals surface area contributed by atoms with Crippen LogP contribution in [0.1, 0.15) is 18.1 Å². The predicted molar refractivity (Wildman–Crippen MR) is 62.3 cm³/mol. The minimum absolute atomic E-state index is 0.0948. The van der Waals surface area contributed by atoms with E-state index in [0.29, 0.717) is 18.7 Å². The van der Waals surface area contributed by atoms with Crippen molar-refractivity contribution in [2.45, 2.75) is 19.6 Å². The van der Waals surface area contributed by atoms with Gasteiger partial charge in [0.15, 0.2) is 5.84 Å². The van der Waals surface area contributed by atoms with Gasteiger partial charge in [0, 0.05) is 18.7 Å². The van der Waals surface area contributed by atoms with E-state index in [0.717, 1.165) is 5.56 Å². The maximum Gasteiger partial charge on any atom is 0.170 e. The van der Waals surface area contributed by atoms with Crippen LogP contribution >= 0.6 is 0 Å². The number of nitrogens with zero attached hydrogens (tertiary/aromatic N) is 1. The Morgan fingerprint density at radius 1 is 1.56 bits per heavy atom. The van der Waals surface area contributed by atoms with Crippen LogP contribution in [-0.4, -0.2) is 28.8 Å². The second-order valence-electron chi connectivity index (χ2n) is 3.67. The van der Waals surface area contributed by atoms with Crippen molar-refractivity contribution >= 4 is 5.84 Å². The smallest absolute Gasteiger partial charge is 0.170 e. The van der Waals surface area contributed by atoms with Gasteiger partial charge in [-0.15, -0.1) is 0 Å². The van der Waals surface area contributed by atoms with E-state index in [1.807, 2.05) is 18.2 Å². The molecule has 1 atom stereocenters. The highest BCUT2D eigenvalue weighted by Crippen LogP contribution is 2.04. The number of nitrogens with one attached hydrogen (secondary N) is 1. The summed E-state index contributed by atoms with van der Waals surface area (Å²) in [5.41, 5.74) is 7.18. The molecule has 0 fully saturated rings. The van der Waals surface area contributed by atoms with Gasteiger partial charge in [0.1, 0.15) is 0 Å². The first-order chi connectivity index (χ1) is 7.63. The monoisotopic (exact) mass is 223 g/mol. The molecule has 1 aromatic rings. The molecule has 1 rings (SSSR count). The molecule has 5 nitrogen and oxygen atoms in total. The fraction of sp³-hybridized carbons (Fsp3) is 0.364. The molecule has 1 unspecified atom stereocenters. The topological polar surface area (TPSA) is 90.9 Å². The minimum Gasteiger partial charge on any atom is -0.409 e. The molecule has 0 aliphatic rings. The van der Waals surface area contributed by atoms with E-state index in [-0.39, 0.29) is 11.9 Å². The number of rotatable bonds is 5. The number of nitrogens with two attached hydrogens (primary N) is 1. The Morgan fingerprint density at radius 2 is 2.31 bits per heavy atom. The highest BCUT2D eigenvalue weighted by Gasteiger charge is 2.01.